The van der Waals surface area contributed by atoms with Crippen LogP contribution in [-0.4, -0.2) is 0 Å². The van der Waals surface area contributed by atoms with Gasteiger partial charge in [0.2, 0.25) is 0 Å². The molecule has 72 valence electrons. The van der Waals surface area contributed by atoms with E-state index in [1.165, 1.54) is 23.7 Å². The summed E-state index contributed by atoms with van der Waals surface area (Å²) in [5.41, 5.74) is 0. The van der Waals surface area contributed by atoms with E-state index in [9.17, 15) is 0 Å². The van der Waals surface area contributed by atoms with E-state index in [2.05, 4.69) is 0 Å². The fourth-order valence-corrected chi connectivity index (χ4v) is 3.98. The number of rotatable bonds is 0. The first-order chi connectivity index (χ1) is 4.90. The Hall–Kier alpha value is 0.250. The molecular weight excluding hydrogens is 170 g/mol. The maximum atomic E-state index is 1.60. The topological polar surface area (TPSA) is 35.0 Å². The highest BCUT2D eigenvalue weighted by Gasteiger charge is 2.41. The molecule has 0 unspecified atom stereocenters. The minimum Gasteiger partial charge on any atom is -0.344 e. The molecule has 0 aromatic carbocycles. The second kappa shape index (κ2) is 3.55. The van der Waals surface area contributed by atoms with E-state index in [0.717, 1.165) is 0 Å². The lowest BCUT2D eigenvalue weighted by atomic mass is 9.56. The molecule has 0 aromatic heterocycles. The minimum absolute atomic E-state index is 0. The average Bonchev–Trinajstić information content (AvgIpc) is 1.82. The molecule has 0 heterocycles. The molecule has 4 rings (SSSR count). The Bertz CT molecular complexity index is 101. The summed E-state index contributed by atoms with van der Waals surface area (Å²) in [6.45, 7) is 0. The third-order valence-electron chi connectivity index (χ3n) is 4.00. The second-order valence-corrected chi connectivity index (χ2v) is 4.88. The lowest BCUT2D eigenvalue weighted by Gasteiger charge is -2.49. The molecule has 3 N–H and O–H groups in total. The third kappa shape index (κ3) is 1.49. The Balaban J connectivity index is 0.000000360. The predicted molar refractivity (Wildman–Crippen MR) is 53.9 cm³/mol. The van der Waals surface area contributed by atoms with Crippen molar-refractivity contribution < 1.29 is 0 Å². The smallest absolute Gasteiger partial charge is 0.0406 e. The minimum atomic E-state index is 0. The maximum absolute atomic E-state index is 1.60. The Morgan fingerprint density at radius 1 is 0.500 bits per heavy atom. The van der Waals surface area contributed by atoms with Gasteiger partial charge in [0.15, 0.2) is 0 Å². The van der Waals surface area contributed by atoms with Crippen LogP contribution in [0.5, 0.6) is 0 Å². The van der Waals surface area contributed by atoms with Gasteiger partial charge in [-0.05, 0) is 62.2 Å². The summed E-state index contributed by atoms with van der Waals surface area (Å²) in [5.74, 6) is 4.71. The van der Waals surface area contributed by atoms with Gasteiger partial charge in [0.05, 0.1) is 0 Å². The summed E-state index contributed by atoms with van der Waals surface area (Å²) < 4.78 is 0. The van der Waals surface area contributed by atoms with E-state index in [4.69, 9.17) is 0 Å². The van der Waals surface area contributed by atoms with Gasteiger partial charge in [0.1, 0.15) is 0 Å². The standard InChI is InChI=1S/C10H16.ClH.H3N/c1-7-2-9-4-8(1)5-10(3-7)6-9;;/h7-10H,1-6H2;1H;1H3. The molecule has 0 aromatic rings. The van der Waals surface area contributed by atoms with Crippen molar-refractivity contribution in [3.8, 4) is 0 Å². The zero-order chi connectivity index (χ0) is 6.55. The van der Waals surface area contributed by atoms with Crippen molar-refractivity contribution in [3.05, 3.63) is 0 Å². The first-order valence-corrected chi connectivity index (χ1v) is 4.90. The van der Waals surface area contributed by atoms with Gasteiger partial charge in [-0.3, -0.25) is 0 Å². The van der Waals surface area contributed by atoms with Gasteiger partial charge in [-0.25, -0.2) is 0 Å². The van der Waals surface area contributed by atoms with Gasteiger partial charge in [-0.15, -0.1) is 12.4 Å². The highest BCUT2D eigenvalue weighted by Crippen LogP contribution is 2.53. The maximum Gasteiger partial charge on any atom is -0.0406 e. The Morgan fingerprint density at radius 3 is 0.833 bits per heavy atom. The van der Waals surface area contributed by atoms with Gasteiger partial charge >= 0.3 is 0 Å². The van der Waals surface area contributed by atoms with Crippen molar-refractivity contribution in [3.63, 3.8) is 0 Å². The average molecular weight is 190 g/mol. The van der Waals surface area contributed by atoms with E-state index in [1.807, 2.05) is 0 Å². The summed E-state index contributed by atoms with van der Waals surface area (Å²) in [4.78, 5) is 0. The van der Waals surface area contributed by atoms with Crippen LogP contribution in [0.4, 0.5) is 0 Å². The van der Waals surface area contributed by atoms with Gasteiger partial charge in [0, 0.05) is 0 Å². The van der Waals surface area contributed by atoms with Gasteiger partial charge in [-0.2, -0.15) is 0 Å². The number of hydrogen-bond donors (Lipinski definition) is 1. The molecule has 0 atom stereocenters. The van der Waals surface area contributed by atoms with Crippen molar-refractivity contribution in [1.82, 2.24) is 6.15 Å². The molecule has 0 aliphatic heterocycles. The summed E-state index contributed by atoms with van der Waals surface area (Å²) in [6, 6.07) is 0. The van der Waals surface area contributed by atoms with E-state index in [-0.39, 0.29) is 18.6 Å². The Kier molecular flexibility index (Phi) is 3.06. The van der Waals surface area contributed by atoms with Crippen LogP contribution in [0.2, 0.25) is 0 Å². The van der Waals surface area contributed by atoms with Crippen molar-refractivity contribution in [2.45, 2.75) is 38.5 Å². The van der Waals surface area contributed by atoms with E-state index in [1.54, 1.807) is 38.5 Å². The van der Waals surface area contributed by atoms with E-state index in [0.29, 0.717) is 0 Å². The van der Waals surface area contributed by atoms with Crippen LogP contribution in [0.25, 0.3) is 0 Å². The van der Waals surface area contributed by atoms with Crippen molar-refractivity contribution in [2.24, 2.45) is 23.7 Å². The zero-order valence-electron chi connectivity index (χ0n) is 7.67. The first-order valence-electron chi connectivity index (χ1n) is 4.90. The molecular formula is C10H20ClN. The van der Waals surface area contributed by atoms with Gasteiger partial charge < -0.3 is 6.15 Å². The predicted octanol–water partition coefficient (Wildman–Crippen LogP) is 3.42. The summed E-state index contributed by atoms with van der Waals surface area (Å²) in [6.07, 6.45) is 9.62. The molecule has 2 heteroatoms. The Morgan fingerprint density at radius 2 is 0.667 bits per heavy atom. The molecule has 12 heavy (non-hydrogen) atoms. The molecule has 4 saturated carbocycles. The van der Waals surface area contributed by atoms with Crippen molar-refractivity contribution >= 4 is 12.4 Å². The fourth-order valence-electron chi connectivity index (χ4n) is 3.98. The largest absolute Gasteiger partial charge is 0.344 e. The number of halogens is 1. The monoisotopic (exact) mass is 189 g/mol. The van der Waals surface area contributed by atoms with Crippen LogP contribution >= 0.6 is 12.4 Å². The normalized spacial score (nSPS) is 48.0. The van der Waals surface area contributed by atoms with Crippen molar-refractivity contribution in [1.29, 1.82) is 0 Å². The quantitative estimate of drug-likeness (QED) is 0.623. The van der Waals surface area contributed by atoms with E-state index < -0.39 is 0 Å². The van der Waals surface area contributed by atoms with Crippen LogP contribution in [0.15, 0.2) is 0 Å². The van der Waals surface area contributed by atoms with Gasteiger partial charge in [0.25, 0.3) is 0 Å². The molecule has 0 amide bonds. The molecule has 0 spiro atoms. The molecule has 4 fully saturated rings. The molecule has 4 aliphatic carbocycles. The van der Waals surface area contributed by atoms with E-state index >= 15 is 0 Å². The molecule has 1 nitrogen and oxygen atoms in total. The third-order valence-corrected chi connectivity index (χ3v) is 4.00. The molecule has 4 aliphatic rings. The summed E-state index contributed by atoms with van der Waals surface area (Å²) in [7, 11) is 0. The first kappa shape index (κ1) is 10.3. The summed E-state index contributed by atoms with van der Waals surface area (Å²) >= 11 is 0. The molecule has 0 saturated heterocycles. The fraction of sp³-hybridized carbons (Fsp3) is 1.00. The lowest BCUT2D eigenvalue weighted by molar-refractivity contribution is 0.0198. The highest BCUT2D eigenvalue weighted by molar-refractivity contribution is 5.85. The van der Waals surface area contributed by atoms with Crippen LogP contribution < -0.4 is 6.15 Å². The van der Waals surface area contributed by atoms with Crippen LogP contribution in [0, 0.1) is 23.7 Å². The molecule has 0 radical (unpaired) electrons. The van der Waals surface area contributed by atoms with Crippen molar-refractivity contribution in [2.75, 3.05) is 0 Å². The summed E-state index contributed by atoms with van der Waals surface area (Å²) in [5, 5.41) is 0. The Labute approximate surface area is 81.3 Å². The SMILES string of the molecule is C1C2CC3CC1CC(C2)C3.Cl.N. The second-order valence-electron chi connectivity index (χ2n) is 4.88. The highest BCUT2D eigenvalue weighted by atomic mass is 35.5. The van der Waals surface area contributed by atoms with Crippen LogP contribution in [0.3, 0.4) is 0 Å². The van der Waals surface area contributed by atoms with Crippen LogP contribution in [0.1, 0.15) is 38.5 Å². The zero-order valence-corrected chi connectivity index (χ0v) is 8.48. The van der Waals surface area contributed by atoms with Gasteiger partial charge in [-0.1, -0.05) is 0 Å². The lowest BCUT2D eigenvalue weighted by Crippen LogP contribution is -2.38. The number of hydrogen-bond acceptors (Lipinski definition) is 1. The van der Waals surface area contributed by atoms with Crippen LogP contribution in [-0.2, 0) is 0 Å². The molecule has 4 bridgehead atoms.